The second kappa shape index (κ2) is 40.4. The number of carbonyl (C=O) groups is 4. The maximum absolute atomic E-state index is 12.1. The number of likely N-dealkylation sites (tertiary alicyclic amines) is 4. The van der Waals surface area contributed by atoms with Crippen molar-refractivity contribution in [1.29, 1.82) is 0 Å². The van der Waals surface area contributed by atoms with Crippen molar-refractivity contribution >= 4 is 256 Å². The average molecular weight is 2060 g/mol. The molecule has 0 unspecified atom stereocenters. The summed E-state index contributed by atoms with van der Waals surface area (Å²) in [4.78, 5) is 96.7. The van der Waals surface area contributed by atoms with Gasteiger partial charge in [0.2, 0.25) is 23.6 Å². The van der Waals surface area contributed by atoms with Gasteiger partial charge in [0.1, 0.15) is 81.9 Å². The van der Waals surface area contributed by atoms with Crippen molar-refractivity contribution in [3.8, 4) is 0 Å². The van der Waals surface area contributed by atoms with Crippen LogP contribution in [0.1, 0.15) is 107 Å². The highest BCUT2D eigenvalue weighted by Gasteiger charge is 2.33. The molecule has 0 aromatic carbocycles. The molecule has 0 aliphatic carbocycles. The van der Waals surface area contributed by atoms with Gasteiger partial charge in [0.25, 0.3) is 0 Å². The molecule has 10 aromatic rings. The zero-order valence-corrected chi connectivity index (χ0v) is 72.2. The van der Waals surface area contributed by atoms with Crippen LogP contribution in [0.15, 0.2) is 70.8 Å². The molecule has 15 heterocycles. The summed E-state index contributed by atoms with van der Waals surface area (Å²) in [6.07, 6.45) is 22.2. The van der Waals surface area contributed by atoms with E-state index in [0.29, 0.717) is 111 Å². The lowest BCUT2D eigenvalue weighted by Gasteiger charge is -2.33. The van der Waals surface area contributed by atoms with Crippen molar-refractivity contribution < 1.29 is 19.2 Å². The fraction of sp³-hybridized carbons (Fsp3) is 0.484. The van der Waals surface area contributed by atoms with Crippen LogP contribution in [0, 0.1) is 7.40 Å². The van der Waals surface area contributed by atoms with Gasteiger partial charge in [-0.2, -0.15) is 25.5 Å². The maximum atomic E-state index is 12.1. The summed E-state index contributed by atoms with van der Waals surface area (Å²) in [5.74, 6) is 4.49. The number of halogens is 9. The Morgan fingerprint density at radius 2 is 0.757 bits per heavy atom. The molecule has 0 spiro atoms. The number of piperidine rings is 5. The molecule has 43 heteroatoms. The number of amides is 4. The van der Waals surface area contributed by atoms with Gasteiger partial charge in [0.15, 0.2) is 28.2 Å². The third-order valence-corrected chi connectivity index (χ3v) is 22.0. The van der Waals surface area contributed by atoms with Crippen molar-refractivity contribution in [2.24, 2.45) is 0 Å². The van der Waals surface area contributed by atoms with Crippen LogP contribution in [0.25, 0.3) is 55.2 Å². The molecular formula is C64H81Br5Cl2I2N30O4. The van der Waals surface area contributed by atoms with Gasteiger partial charge in [-0.3, -0.25) is 19.2 Å². The Morgan fingerprint density at radius 3 is 1.07 bits per heavy atom. The lowest BCUT2D eigenvalue weighted by atomic mass is 10.1. The Kier molecular flexibility index (Phi) is 32.0. The molecule has 0 bridgehead atoms. The van der Waals surface area contributed by atoms with Crippen LogP contribution < -0.4 is 34.0 Å². The number of anilines is 5. The first-order valence-electron chi connectivity index (χ1n) is 33.9. The van der Waals surface area contributed by atoms with Gasteiger partial charge < -0.3 is 53.6 Å². The van der Waals surface area contributed by atoms with E-state index in [4.69, 9.17) is 40.3 Å². The van der Waals surface area contributed by atoms with E-state index in [9.17, 15) is 19.2 Å². The van der Waals surface area contributed by atoms with Gasteiger partial charge in [-0.25, -0.2) is 73.2 Å². The summed E-state index contributed by atoms with van der Waals surface area (Å²) < 4.78 is 13.0. The minimum Gasteiger partial charge on any atom is -0.383 e. The minimum atomic E-state index is -0.0515. The Labute approximate surface area is 695 Å². The van der Waals surface area contributed by atoms with E-state index in [0.717, 1.165) is 154 Å². The number of nitrogen functional groups attached to an aromatic ring is 5. The molecule has 5 saturated heterocycles. The second-order valence-electron chi connectivity index (χ2n) is 24.7. The highest BCUT2D eigenvalue weighted by atomic mass is 127. The molecule has 107 heavy (non-hydrogen) atoms. The first kappa shape index (κ1) is 84.5. The zero-order valence-electron chi connectivity index (χ0n) is 58.5. The smallest absolute Gasteiger partial charge is 0.246 e. The third kappa shape index (κ3) is 20.0. The molecule has 574 valence electrons. The fourth-order valence-electron chi connectivity index (χ4n) is 13.3. The van der Waals surface area contributed by atoms with E-state index in [-0.39, 0.29) is 47.8 Å². The van der Waals surface area contributed by atoms with E-state index >= 15 is 0 Å². The van der Waals surface area contributed by atoms with Crippen LogP contribution >= 0.6 is 148 Å². The SMILES string of the molecule is C=CC(=O)N1CCC[C@@H](n2nc(Br)c3c(N)ncnc32)C1.C=CC(=O)N1CCC[C@@H](n2nc(I)c3c(N)ncnc32)C1.CBr.CCl.Nc1ncnc2c1c(Br)nn2[C@@H]1CCCN(C(=O)CCBr)C1.Nc1ncnc2c1c(Br)nn2[C@@H]1CCCNC1.Nc1ncnc2c1c(I)nn2[C@@H]1CCCN(C(=O)CCCl)C1. The molecule has 15 rings (SSSR count). The number of hydrogen-bond acceptors (Lipinski definition) is 25. The molecule has 34 nitrogen and oxygen atoms in total. The largest absolute Gasteiger partial charge is 0.383 e. The summed E-state index contributed by atoms with van der Waals surface area (Å²) in [5, 5.41) is 30.5. The molecule has 5 aliphatic rings. The average Bonchev–Trinajstić information content (AvgIpc) is 1.67. The van der Waals surface area contributed by atoms with E-state index < -0.39 is 0 Å². The predicted octanol–water partition coefficient (Wildman–Crippen LogP) is 9.77. The predicted molar refractivity (Wildman–Crippen MR) is 449 cm³/mol. The lowest BCUT2D eigenvalue weighted by molar-refractivity contribution is -0.133. The number of alkyl halides is 4. The standard InChI is InChI=1S/C13H16Br2N6O.C13H15BrN6O.C13H16ClIN6O.C13H15IN6O.C10H13BrN6.CH3Br.CH3Cl/c14-4-3-9(22)20-5-1-2-8(6-20)21-13-10(11(15)19-21)12(16)17-7-18-13;1-2-9(21)19-5-3-4-8(6-19)20-13-10(11(14)18-20)12(15)16-7-17-13;14-4-3-9(22)20-5-1-2-8(6-20)21-13-10(11(15)19-21)12(16)17-7-18-13;1-2-9(21)19-5-3-4-8(6-19)20-13-10(11(14)18-20)12(15)16-7-17-13;11-8-7-9(12)14-5-15-10(7)17(16-8)6-2-1-3-13-4-6;2*1-2/h7-8H,1-6H2,(H2,16,17,18);2,7-8H,1,3-6H2,(H2,15,16,17);7-8H,1-6H2,(H2,16,17,18);2,7-8H,1,3-6H2,(H2,15,16,17);5-6,13H,1-4H2,(H2,12,14,15);2*1H3/t4*8-;6-;;/m11111../s1. The van der Waals surface area contributed by atoms with Crippen molar-refractivity contribution in [2.75, 3.05) is 118 Å². The Balaban J connectivity index is 0.000000153. The molecule has 5 aliphatic heterocycles. The zero-order chi connectivity index (χ0) is 77.2. The number of rotatable bonds is 11. The van der Waals surface area contributed by atoms with Crippen LogP contribution in [-0.2, 0) is 19.2 Å². The highest BCUT2D eigenvalue weighted by Crippen LogP contribution is 2.36. The van der Waals surface area contributed by atoms with Crippen LogP contribution in [0.4, 0.5) is 29.1 Å². The Hall–Kier alpha value is -6.49. The quantitative estimate of drug-likeness (QED) is 0.0398. The van der Waals surface area contributed by atoms with Gasteiger partial charge >= 0.3 is 0 Å². The van der Waals surface area contributed by atoms with E-state index in [1.54, 1.807) is 9.80 Å². The number of aromatic nitrogens is 20. The summed E-state index contributed by atoms with van der Waals surface area (Å²) >= 11 is 31.1. The third-order valence-electron chi connectivity index (χ3n) is 18.3. The van der Waals surface area contributed by atoms with E-state index in [2.05, 4.69) is 230 Å². The summed E-state index contributed by atoms with van der Waals surface area (Å²) in [6.45, 7) is 14.7. The van der Waals surface area contributed by atoms with Gasteiger partial charge in [-0.05, 0) is 182 Å². The monoisotopic (exact) mass is 2050 g/mol. The molecule has 10 aromatic heterocycles. The molecule has 5 atom stereocenters. The fourth-order valence-corrected chi connectivity index (χ4v) is 16.9. The summed E-state index contributed by atoms with van der Waals surface area (Å²) in [5.41, 5.74) is 33.1. The van der Waals surface area contributed by atoms with Crippen molar-refractivity contribution in [2.45, 2.75) is 107 Å². The molecular weight excluding hydrogens is 1980 g/mol. The van der Waals surface area contributed by atoms with Gasteiger partial charge in [0, 0.05) is 89.3 Å². The van der Waals surface area contributed by atoms with Crippen LogP contribution in [0.3, 0.4) is 0 Å². The topological polar surface area (TPSA) is 441 Å². The van der Waals surface area contributed by atoms with Crippen LogP contribution in [0.5, 0.6) is 0 Å². The first-order chi connectivity index (χ1) is 51.7. The second-order valence-corrected chi connectivity index (χ2v) is 30.2. The van der Waals surface area contributed by atoms with Gasteiger partial charge in [-0.1, -0.05) is 45.0 Å². The Morgan fingerprint density at radius 1 is 0.467 bits per heavy atom. The van der Waals surface area contributed by atoms with Crippen LogP contribution in [0.2, 0.25) is 0 Å². The molecule has 11 N–H and O–H groups in total. The molecule has 0 radical (unpaired) electrons. The summed E-state index contributed by atoms with van der Waals surface area (Å²) in [6, 6.07) is 0.727. The van der Waals surface area contributed by atoms with Crippen LogP contribution in [-0.4, -0.2) is 231 Å². The number of hydrogen-bond donors (Lipinski definition) is 6. The number of fused-ring (bicyclic) bond motifs is 5. The number of carbonyl (C=O) groups excluding carboxylic acids is 4. The van der Waals surface area contributed by atoms with Gasteiger partial charge in [-0.15, -0.1) is 23.2 Å². The maximum Gasteiger partial charge on any atom is 0.246 e. The molecule has 0 saturated carbocycles. The molecule has 4 amide bonds. The van der Waals surface area contributed by atoms with Crippen molar-refractivity contribution in [1.82, 2.24) is 124 Å². The first-order valence-corrected chi connectivity index (χ1v) is 42.4. The highest BCUT2D eigenvalue weighted by molar-refractivity contribution is 14.1. The van der Waals surface area contributed by atoms with E-state index in [1.165, 1.54) is 50.2 Å². The van der Waals surface area contributed by atoms with Crippen molar-refractivity contribution in [3.63, 3.8) is 0 Å². The minimum absolute atomic E-state index is 0.0417. The normalized spacial score (nSPS) is 18.6. The Bertz CT molecular complexity index is 4510. The van der Waals surface area contributed by atoms with Gasteiger partial charge in [0.05, 0.1) is 57.1 Å². The lowest BCUT2D eigenvalue weighted by Crippen LogP contribution is -2.41. The van der Waals surface area contributed by atoms with Crippen molar-refractivity contribution in [3.05, 3.63) is 78.2 Å². The van der Waals surface area contributed by atoms with E-state index in [1.807, 2.05) is 39.0 Å². The number of nitrogens with two attached hydrogens (primary N) is 5. The number of nitrogens with zero attached hydrogens (tertiary/aromatic N) is 24. The molecule has 5 fully saturated rings. The summed E-state index contributed by atoms with van der Waals surface area (Å²) in [7, 11) is 0. The number of nitrogens with one attached hydrogen (secondary N) is 1.